The number of nitrogens with zero attached hydrogens (tertiary/aromatic N) is 2. The minimum Gasteiger partial charge on any atom is -0.492 e. The highest BCUT2D eigenvalue weighted by Gasteiger charge is 2.20. The Kier molecular flexibility index (Phi) is 4.99. The molecule has 0 spiro atoms. The molecule has 2 aromatic carbocycles. The van der Waals surface area contributed by atoms with Gasteiger partial charge in [-0.3, -0.25) is 4.79 Å². The van der Waals surface area contributed by atoms with Gasteiger partial charge in [0.1, 0.15) is 5.75 Å². The Balaban J connectivity index is 1.79. The molecule has 0 fully saturated rings. The average molecular weight is 387 g/mol. The molecule has 0 aliphatic rings. The van der Waals surface area contributed by atoms with Crippen LogP contribution in [0.3, 0.4) is 0 Å². The zero-order valence-corrected chi connectivity index (χ0v) is 16.5. The van der Waals surface area contributed by atoms with Gasteiger partial charge < -0.3 is 14.6 Å². The van der Waals surface area contributed by atoms with Crippen LogP contribution >= 0.6 is 0 Å². The third kappa shape index (κ3) is 3.69. The number of ether oxygens (including phenoxy) is 1. The maximum Gasteiger partial charge on any atom is 0.259 e. The summed E-state index contributed by atoms with van der Waals surface area (Å²) >= 11 is 0. The lowest BCUT2D eigenvalue weighted by Crippen LogP contribution is -2.14. The van der Waals surface area contributed by atoms with Gasteiger partial charge in [-0.1, -0.05) is 47.1 Å². The monoisotopic (exact) mass is 387 g/mol. The molecule has 0 bridgehead atoms. The molecule has 0 saturated carbocycles. The number of carbonyl (C=O) groups is 1. The Hall–Kier alpha value is -3.67. The molecule has 1 N–H and O–H groups in total. The number of rotatable bonds is 5. The summed E-state index contributed by atoms with van der Waals surface area (Å²) in [6, 6.07) is 17.1. The van der Waals surface area contributed by atoms with E-state index >= 15 is 0 Å². The van der Waals surface area contributed by atoms with Crippen LogP contribution in [0.15, 0.2) is 59.1 Å². The van der Waals surface area contributed by atoms with E-state index in [9.17, 15) is 4.79 Å². The highest BCUT2D eigenvalue weighted by atomic mass is 16.5. The quantitative estimate of drug-likeness (QED) is 0.512. The Bertz CT molecular complexity index is 1180. The predicted molar refractivity (Wildman–Crippen MR) is 112 cm³/mol. The molecule has 0 atom stereocenters. The van der Waals surface area contributed by atoms with Gasteiger partial charge in [0.05, 0.1) is 34.6 Å². The van der Waals surface area contributed by atoms with Gasteiger partial charge in [0.15, 0.2) is 0 Å². The molecular formula is C23H21N3O3. The second-order valence-electron chi connectivity index (χ2n) is 6.75. The molecule has 2 aromatic heterocycles. The van der Waals surface area contributed by atoms with E-state index in [2.05, 4.69) is 15.5 Å². The number of fused-ring (bicyclic) bond motifs is 1. The molecule has 2 heterocycles. The van der Waals surface area contributed by atoms with Crippen molar-refractivity contribution in [3.05, 3.63) is 71.4 Å². The van der Waals surface area contributed by atoms with Crippen LogP contribution < -0.4 is 10.1 Å². The fraction of sp³-hybridized carbons (Fsp3) is 0.174. The van der Waals surface area contributed by atoms with Crippen molar-refractivity contribution in [3.63, 3.8) is 0 Å². The Morgan fingerprint density at radius 2 is 1.86 bits per heavy atom. The molecular weight excluding hydrogens is 366 g/mol. The molecule has 0 aliphatic carbocycles. The van der Waals surface area contributed by atoms with E-state index in [-0.39, 0.29) is 5.91 Å². The second-order valence-corrected chi connectivity index (χ2v) is 6.75. The van der Waals surface area contributed by atoms with Crippen LogP contribution in [-0.2, 0) is 0 Å². The van der Waals surface area contributed by atoms with Crippen molar-refractivity contribution in [2.45, 2.75) is 20.8 Å². The summed E-state index contributed by atoms with van der Waals surface area (Å²) in [5.41, 5.74) is 4.71. The highest BCUT2D eigenvalue weighted by Crippen LogP contribution is 2.29. The van der Waals surface area contributed by atoms with Crippen molar-refractivity contribution in [2.75, 3.05) is 11.9 Å². The number of nitrogens with one attached hydrogen (secondary N) is 1. The molecule has 6 heteroatoms. The molecule has 29 heavy (non-hydrogen) atoms. The lowest BCUT2D eigenvalue weighted by atomic mass is 10.0. The van der Waals surface area contributed by atoms with Crippen molar-refractivity contribution >= 4 is 22.7 Å². The first-order chi connectivity index (χ1) is 14.1. The Morgan fingerprint density at radius 1 is 1.10 bits per heavy atom. The number of benzene rings is 2. The van der Waals surface area contributed by atoms with E-state index in [4.69, 9.17) is 9.26 Å². The normalized spacial score (nSPS) is 10.9. The number of carbonyl (C=O) groups excluding carboxylic acids is 1. The topological polar surface area (TPSA) is 77.2 Å². The molecule has 0 aliphatic heterocycles. The molecule has 0 unspecified atom stereocenters. The Labute approximate surface area is 168 Å². The fourth-order valence-corrected chi connectivity index (χ4v) is 3.19. The van der Waals surface area contributed by atoms with Gasteiger partial charge in [-0.25, -0.2) is 4.98 Å². The van der Waals surface area contributed by atoms with Crippen molar-refractivity contribution in [2.24, 2.45) is 0 Å². The van der Waals surface area contributed by atoms with E-state index in [0.717, 1.165) is 11.1 Å². The zero-order chi connectivity index (χ0) is 20.4. The number of hydrogen-bond donors (Lipinski definition) is 1. The van der Waals surface area contributed by atoms with Crippen LogP contribution in [0.25, 0.3) is 22.4 Å². The van der Waals surface area contributed by atoms with Crippen molar-refractivity contribution < 1.29 is 14.1 Å². The molecule has 0 radical (unpaired) electrons. The number of anilines is 1. The van der Waals surface area contributed by atoms with Gasteiger partial charge in [0, 0.05) is 5.56 Å². The molecule has 4 aromatic rings. The highest BCUT2D eigenvalue weighted by molar-refractivity contribution is 6.13. The summed E-state index contributed by atoms with van der Waals surface area (Å²) in [5.74, 6) is 0.346. The van der Waals surface area contributed by atoms with Gasteiger partial charge >= 0.3 is 0 Å². The standard InChI is InChI=1S/C23H21N3O3/c1-4-28-20-8-6-5-7-18(20)24-22(27)17-13-19(16-11-9-14(2)10-12-16)25-23-21(17)15(3)26-29-23/h5-13H,4H2,1-3H3,(H,24,27). The lowest BCUT2D eigenvalue weighted by Gasteiger charge is -2.12. The SMILES string of the molecule is CCOc1ccccc1NC(=O)c1cc(-c2ccc(C)cc2)nc2onc(C)c12. The van der Waals surface area contributed by atoms with Crippen LogP contribution in [-0.4, -0.2) is 22.7 Å². The van der Waals surface area contributed by atoms with E-state index < -0.39 is 0 Å². The zero-order valence-electron chi connectivity index (χ0n) is 16.5. The molecule has 1 amide bonds. The number of hydrogen-bond acceptors (Lipinski definition) is 5. The van der Waals surface area contributed by atoms with E-state index in [1.165, 1.54) is 0 Å². The van der Waals surface area contributed by atoms with Crippen LogP contribution in [0, 0.1) is 13.8 Å². The van der Waals surface area contributed by atoms with Crippen LogP contribution in [0.2, 0.25) is 0 Å². The summed E-state index contributed by atoms with van der Waals surface area (Å²) < 4.78 is 11.0. The second kappa shape index (κ2) is 7.75. The largest absolute Gasteiger partial charge is 0.492 e. The third-order valence-corrected chi connectivity index (χ3v) is 4.64. The maximum absolute atomic E-state index is 13.2. The number of para-hydroxylation sites is 2. The van der Waals surface area contributed by atoms with Crippen LogP contribution in [0.4, 0.5) is 5.69 Å². The third-order valence-electron chi connectivity index (χ3n) is 4.64. The maximum atomic E-state index is 13.2. The van der Waals surface area contributed by atoms with Gasteiger partial charge in [-0.15, -0.1) is 0 Å². The molecule has 6 nitrogen and oxygen atoms in total. The summed E-state index contributed by atoms with van der Waals surface area (Å²) in [4.78, 5) is 17.8. The Morgan fingerprint density at radius 3 is 2.62 bits per heavy atom. The molecule has 146 valence electrons. The van der Waals surface area contributed by atoms with Crippen molar-refractivity contribution in [1.82, 2.24) is 10.1 Å². The first kappa shape index (κ1) is 18.7. The summed E-state index contributed by atoms with van der Waals surface area (Å²) in [5, 5.41) is 7.55. The van der Waals surface area contributed by atoms with Gasteiger partial charge in [0.2, 0.25) is 0 Å². The van der Waals surface area contributed by atoms with Gasteiger partial charge in [0.25, 0.3) is 11.6 Å². The van der Waals surface area contributed by atoms with Crippen molar-refractivity contribution in [1.29, 1.82) is 0 Å². The summed E-state index contributed by atoms with van der Waals surface area (Å²) in [7, 11) is 0. The number of pyridine rings is 1. The van der Waals surface area contributed by atoms with Crippen molar-refractivity contribution in [3.8, 4) is 17.0 Å². The lowest BCUT2D eigenvalue weighted by molar-refractivity contribution is 0.102. The first-order valence-electron chi connectivity index (χ1n) is 9.44. The smallest absolute Gasteiger partial charge is 0.259 e. The predicted octanol–water partition coefficient (Wildman–Crippen LogP) is 5.16. The van der Waals surface area contributed by atoms with E-state index in [0.29, 0.717) is 46.1 Å². The van der Waals surface area contributed by atoms with E-state index in [1.54, 1.807) is 13.0 Å². The number of aromatic nitrogens is 2. The van der Waals surface area contributed by atoms with Crippen LogP contribution in [0.5, 0.6) is 5.75 Å². The van der Waals surface area contributed by atoms with Gasteiger partial charge in [-0.2, -0.15) is 0 Å². The average Bonchev–Trinajstić information content (AvgIpc) is 3.10. The van der Waals surface area contributed by atoms with Crippen LogP contribution in [0.1, 0.15) is 28.5 Å². The fourth-order valence-electron chi connectivity index (χ4n) is 3.19. The summed E-state index contributed by atoms with van der Waals surface area (Å²) in [6.07, 6.45) is 0. The minimum absolute atomic E-state index is 0.274. The number of aryl methyl sites for hydroxylation is 2. The van der Waals surface area contributed by atoms with E-state index in [1.807, 2.05) is 62.4 Å². The molecule has 0 saturated heterocycles. The molecule has 4 rings (SSSR count). The summed E-state index contributed by atoms with van der Waals surface area (Å²) in [6.45, 7) is 6.23. The number of amides is 1. The van der Waals surface area contributed by atoms with Gasteiger partial charge in [-0.05, 0) is 39.0 Å². The minimum atomic E-state index is -0.274. The first-order valence-corrected chi connectivity index (χ1v) is 9.44.